The second kappa shape index (κ2) is 5.83. The van der Waals surface area contributed by atoms with Gasteiger partial charge in [-0.05, 0) is 59.1 Å². The summed E-state index contributed by atoms with van der Waals surface area (Å²) >= 11 is 0. The number of aryl methyl sites for hydroxylation is 2. The maximum Gasteiger partial charge on any atom is -0.0114 e. The molecule has 0 aliphatic carbocycles. The van der Waals surface area contributed by atoms with Crippen molar-refractivity contribution in [1.29, 1.82) is 0 Å². The topological polar surface area (TPSA) is 0 Å². The Morgan fingerprint density at radius 2 is 0.950 bits per heavy atom. The molecule has 0 unspecified atom stereocenters. The van der Waals surface area contributed by atoms with Gasteiger partial charge >= 0.3 is 0 Å². The molecule has 20 heavy (non-hydrogen) atoms. The van der Waals surface area contributed by atoms with E-state index < -0.39 is 0 Å². The Kier molecular flexibility index (Phi) is 4.32. The van der Waals surface area contributed by atoms with Gasteiger partial charge in [0.25, 0.3) is 0 Å². The summed E-state index contributed by atoms with van der Waals surface area (Å²) in [4.78, 5) is 0. The lowest BCUT2D eigenvalue weighted by atomic mass is 9.82. The van der Waals surface area contributed by atoms with Gasteiger partial charge in [0.15, 0.2) is 0 Å². The van der Waals surface area contributed by atoms with Gasteiger partial charge in [-0.3, -0.25) is 0 Å². The van der Waals surface area contributed by atoms with E-state index >= 15 is 0 Å². The van der Waals surface area contributed by atoms with Crippen molar-refractivity contribution in [2.24, 2.45) is 0 Å². The van der Waals surface area contributed by atoms with Crippen molar-refractivity contribution in [3.05, 3.63) is 58.7 Å². The highest BCUT2D eigenvalue weighted by Gasteiger charge is 2.17. The highest BCUT2D eigenvalue weighted by atomic mass is 14.2. The van der Waals surface area contributed by atoms with E-state index in [-0.39, 0.29) is 0 Å². The van der Waals surface area contributed by atoms with E-state index in [1.807, 2.05) is 0 Å². The summed E-state index contributed by atoms with van der Waals surface area (Å²) in [5.74, 6) is 1.09. The van der Waals surface area contributed by atoms with Crippen molar-refractivity contribution in [2.75, 3.05) is 0 Å². The Hall–Kier alpha value is -1.56. The van der Waals surface area contributed by atoms with Gasteiger partial charge in [0.05, 0.1) is 0 Å². The molecule has 0 fully saturated rings. The molecule has 0 nitrogen and oxygen atoms in total. The van der Waals surface area contributed by atoms with Crippen molar-refractivity contribution in [3.63, 3.8) is 0 Å². The number of hydrogen-bond acceptors (Lipinski definition) is 0. The smallest absolute Gasteiger partial charge is 0.0114 e. The Morgan fingerprint density at radius 3 is 1.25 bits per heavy atom. The normalized spacial score (nSPS) is 11.4. The zero-order chi connectivity index (χ0) is 14.9. The van der Waals surface area contributed by atoms with Gasteiger partial charge in [-0.25, -0.2) is 0 Å². The number of rotatable bonds is 3. The van der Waals surface area contributed by atoms with Gasteiger partial charge in [-0.1, -0.05) is 64.1 Å². The van der Waals surface area contributed by atoms with Crippen LogP contribution in [-0.2, 0) is 0 Å². The van der Waals surface area contributed by atoms with E-state index in [2.05, 4.69) is 77.9 Å². The average Bonchev–Trinajstić information content (AvgIpc) is 2.38. The van der Waals surface area contributed by atoms with Crippen LogP contribution in [0.5, 0.6) is 0 Å². The van der Waals surface area contributed by atoms with Crippen molar-refractivity contribution < 1.29 is 0 Å². The zero-order valence-corrected chi connectivity index (χ0v) is 13.6. The Morgan fingerprint density at radius 1 is 0.600 bits per heavy atom. The quantitative estimate of drug-likeness (QED) is 0.619. The lowest BCUT2D eigenvalue weighted by molar-refractivity contribution is 0.854. The van der Waals surface area contributed by atoms with Crippen LogP contribution in [0.15, 0.2) is 36.4 Å². The first-order valence-electron chi connectivity index (χ1n) is 7.62. The highest BCUT2D eigenvalue weighted by Crippen LogP contribution is 2.38. The molecule has 0 saturated heterocycles. The summed E-state index contributed by atoms with van der Waals surface area (Å²) in [5.41, 5.74) is 8.58. The van der Waals surface area contributed by atoms with Crippen LogP contribution in [0.4, 0.5) is 0 Å². The molecule has 0 radical (unpaired) electrons. The minimum absolute atomic E-state index is 0.546. The predicted octanol–water partition coefficient (Wildman–Crippen LogP) is 6.22. The maximum absolute atomic E-state index is 2.28. The van der Waals surface area contributed by atoms with Crippen LogP contribution < -0.4 is 0 Å². The maximum atomic E-state index is 2.28. The molecular formula is C20H26. The van der Waals surface area contributed by atoms with Crippen LogP contribution in [-0.4, -0.2) is 0 Å². The van der Waals surface area contributed by atoms with Crippen LogP contribution in [0.1, 0.15) is 61.8 Å². The van der Waals surface area contributed by atoms with Gasteiger partial charge < -0.3 is 0 Å². The molecule has 0 saturated carbocycles. The molecule has 2 aromatic rings. The molecule has 0 aliphatic heterocycles. The third-order valence-electron chi connectivity index (χ3n) is 4.10. The van der Waals surface area contributed by atoms with Gasteiger partial charge in [0, 0.05) is 0 Å². The van der Waals surface area contributed by atoms with Crippen LogP contribution in [0, 0.1) is 13.8 Å². The van der Waals surface area contributed by atoms with Crippen LogP contribution in [0.3, 0.4) is 0 Å². The lowest BCUT2D eigenvalue weighted by Crippen LogP contribution is -2.01. The first-order chi connectivity index (χ1) is 9.43. The molecule has 0 aliphatic rings. The van der Waals surface area contributed by atoms with E-state index in [0.29, 0.717) is 11.8 Å². The summed E-state index contributed by atoms with van der Waals surface area (Å²) in [6, 6.07) is 13.4. The van der Waals surface area contributed by atoms with E-state index in [1.165, 1.54) is 33.4 Å². The van der Waals surface area contributed by atoms with Crippen molar-refractivity contribution in [1.82, 2.24) is 0 Å². The predicted molar refractivity (Wildman–Crippen MR) is 89.5 cm³/mol. The Bertz CT molecular complexity index is 548. The van der Waals surface area contributed by atoms with Gasteiger partial charge in [0.2, 0.25) is 0 Å². The fourth-order valence-corrected chi connectivity index (χ4v) is 3.03. The van der Waals surface area contributed by atoms with E-state index in [9.17, 15) is 0 Å². The first-order valence-corrected chi connectivity index (χ1v) is 7.62. The number of benzene rings is 2. The Labute approximate surface area is 123 Å². The van der Waals surface area contributed by atoms with E-state index in [0.717, 1.165) is 0 Å². The molecule has 0 bridgehead atoms. The average molecular weight is 266 g/mol. The summed E-state index contributed by atoms with van der Waals surface area (Å²) in [6.45, 7) is 13.6. The molecular weight excluding hydrogens is 240 g/mol. The highest BCUT2D eigenvalue weighted by molar-refractivity contribution is 5.77. The summed E-state index contributed by atoms with van der Waals surface area (Å²) in [5, 5.41) is 0. The molecule has 2 aromatic carbocycles. The second-order valence-corrected chi connectivity index (χ2v) is 6.39. The zero-order valence-electron chi connectivity index (χ0n) is 13.6. The molecule has 0 spiro atoms. The lowest BCUT2D eigenvalue weighted by Gasteiger charge is -2.22. The summed E-state index contributed by atoms with van der Waals surface area (Å²) < 4.78 is 0. The summed E-state index contributed by atoms with van der Waals surface area (Å²) in [6.07, 6.45) is 0. The number of hydrogen-bond donors (Lipinski definition) is 0. The van der Waals surface area contributed by atoms with Crippen LogP contribution >= 0.6 is 0 Å². The van der Waals surface area contributed by atoms with Gasteiger partial charge in [0.1, 0.15) is 0 Å². The summed E-state index contributed by atoms with van der Waals surface area (Å²) in [7, 11) is 0. The molecule has 0 heteroatoms. The standard InChI is InChI=1S/C20H26/c1-13(2)17-11-7-9-15(5)19(17)20-16(6)10-8-12-18(20)14(3)4/h7-14H,1-6H3. The molecule has 2 rings (SSSR count). The van der Waals surface area contributed by atoms with Crippen molar-refractivity contribution in [3.8, 4) is 11.1 Å². The molecule has 106 valence electrons. The minimum atomic E-state index is 0.546. The Balaban J connectivity index is 2.81. The van der Waals surface area contributed by atoms with Crippen LogP contribution in [0.2, 0.25) is 0 Å². The molecule has 0 N–H and O–H groups in total. The SMILES string of the molecule is Cc1cccc(C(C)C)c1-c1c(C)cccc1C(C)C. The fourth-order valence-electron chi connectivity index (χ4n) is 3.03. The molecule has 0 aromatic heterocycles. The van der Waals surface area contributed by atoms with E-state index in [4.69, 9.17) is 0 Å². The first kappa shape index (κ1) is 14.8. The van der Waals surface area contributed by atoms with Crippen LogP contribution in [0.25, 0.3) is 11.1 Å². The molecule has 0 amide bonds. The van der Waals surface area contributed by atoms with Crippen molar-refractivity contribution >= 4 is 0 Å². The third kappa shape index (κ3) is 2.65. The van der Waals surface area contributed by atoms with Gasteiger partial charge in [-0.15, -0.1) is 0 Å². The van der Waals surface area contributed by atoms with E-state index in [1.54, 1.807) is 0 Å². The van der Waals surface area contributed by atoms with Gasteiger partial charge in [-0.2, -0.15) is 0 Å². The monoisotopic (exact) mass is 266 g/mol. The third-order valence-corrected chi connectivity index (χ3v) is 4.10. The molecule has 0 heterocycles. The second-order valence-electron chi connectivity index (χ2n) is 6.39. The largest absolute Gasteiger partial charge is 0.0617 e. The fraction of sp³-hybridized carbons (Fsp3) is 0.400. The molecule has 0 atom stereocenters. The minimum Gasteiger partial charge on any atom is -0.0617 e. The van der Waals surface area contributed by atoms with Crippen molar-refractivity contribution in [2.45, 2.75) is 53.4 Å².